The van der Waals surface area contributed by atoms with Gasteiger partial charge in [0.2, 0.25) is 0 Å². The summed E-state index contributed by atoms with van der Waals surface area (Å²) in [4.78, 5) is 24.5. The second-order valence-corrected chi connectivity index (χ2v) is 10.8. The van der Waals surface area contributed by atoms with Crippen molar-refractivity contribution in [3.05, 3.63) is 51.5 Å². The Labute approximate surface area is 245 Å². The number of halogens is 3. The van der Waals surface area contributed by atoms with E-state index in [2.05, 4.69) is 57.6 Å². The maximum Gasteiger partial charge on any atom is 0.277 e. The standard InChI is InChI=1S/C20H19BrClFN4O2.C7H17N.C2H6/c1-2-27-10-24-19-16(27)8-13(20(28)26-29-9-11-3-4-11)18(17(19)23)25-15-6-5-12(21)7-14(15)22;1-4-5-6-7-8(2)3;1-2/h5-8,10-11,25H,2-4,9H2,1H3,(H,26,28);4-7H2,1-3H3;1-2H3. The first-order valence-electron chi connectivity index (χ1n) is 13.7. The van der Waals surface area contributed by atoms with Crippen molar-refractivity contribution in [2.45, 2.75) is 66.3 Å². The van der Waals surface area contributed by atoms with Crippen LogP contribution in [0, 0.1) is 11.7 Å². The Kier molecular flexibility index (Phi) is 14.2. The third-order valence-electron chi connectivity index (χ3n) is 6.02. The first kappa shape index (κ1) is 33.0. The van der Waals surface area contributed by atoms with Crippen LogP contribution in [-0.4, -0.2) is 47.6 Å². The van der Waals surface area contributed by atoms with E-state index < -0.39 is 11.7 Å². The number of aromatic nitrogens is 2. The number of amides is 1. The molecule has 216 valence electrons. The quantitative estimate of drug-likeness (QED) is 0.166. The van der Waals surface area contributed by atoms with Gasteiger partial charge >= 0.3 is 0 Å². The molecule has 0 saturated heterocycles. The summed E-state index contributed by atoms with van der Waals surface area (Å²) in [5, 5.41) is 3.34. The second kappa shape index (κ2) is 16.8. The lowest BCUT2D eigenvalue weighted by atomic mass is 10.1. The third kappa shape index (κ3) is 10.0. The molecule has 0 aliphatic heterocycles. The van der Waals surface area contributed by atoms with Gasteiger partial charge in [0, 0.05) is 11.0 Å². The molecule has 39 heavy (non-hydrogen) atoms. The summed E-state index contributed by atoms with van der Waals surface area (Å²) < 4.78 is 17.9. The van der Waals surface area contributed by atoms with Crippen molar-refractivity contribution in [3.63, 3.8) is 0 Å². The van der Waals surface area contributed by atoms with Gasteiger partial charge in [-0.2, -0.15) is 0 Å². The summed E-state index contributed by atoms with van der Waals surface area (Å²) in [7, 11) is 4.24. The number of imidazole rings is 1. The van der Waals surface area contributed by atoms with Gasteiger partial charge in [-0.3, -0.25) is 9.63 Å². The maximum atomic E-state index is 15.4. The van der Waals surface area contributed by atoms with Gasteiger partial charge < -0.3 is 14.8 Å². The number of nitrogens with one attached hydrogen (secondary N) is 2. The average Bonchev–Trinajstić information content (AvgIpc) is 3.64. The molecule has 0 spiro atoms. The number of carbonyl (C=O) groups is 1. The van der Waals surface area contributed by atoms with Crippen LogP contribution < -0.4 is 10.8 Å². The molecule has 3 aromatic rings. The molecule has 1 amide bonds. The van der Waals surface area contributed by atoms with Crippen LogP contribution in [0.5, 0.6) is 0 Å². The molecule has 2 N–H and O–H groups in total. The van der Waals surface area contributed by atoms with Crippen LogP contribution in [0.25, 0.3) is 11.0 Å². The molecule has 10 heteroatoms. The molecule has 1 saturated carbocycles. The minimum atomic E-state index is -0.624. The minimum Gasteiger partial charge on any atom is -0.351 e. The lowest BCUT2D eigenvalue weighted by Gasteiger charge is -2.15. The van der Waals surface area contributed by atoms with Gasteiger partial charge in [-0.1, -0.05) is 61.1 Å². The van der Waals surface area contributed by atoms with E-state index in [1.54, 1.807) is 35.2 Å². The van der Waals surface area contributed by atoms with E-state index in [9.17, 15) is 4.79 Å². The monoisotopic (exact) mass is 625 g/mol. The van der Waals surface area contributed by atoms with Gasteiger partial charge in [-0.05, 0) is 77.0 Å². The summed E-state index contributed by atoms with van der Waals surface area (Å²) in [6, 6.07) is 6.77. The highest BCUT2D eigenvalue weighted by Gasteiger charge is 2.24. The summed E-state index contributed by atoms with van der Waals surface area (Å²) in [6.07, 6.45) is 7.80. The average molecular weight is 627 g/mol. The highest BCUT2D eigenvalue weighted by molar-refractivity contribution is 9.10. The number of anilines is 2. The highest BCUT2D eigenvalue weighted by Crippen LogP contribution is 2.34. The second-order valence-electron chi connectivity index (χ2n) is 9.46. The Bertz CT molecular complexity index is 1200. The van der Waals surface area contributed by atoms with E-state index in [-0.39, 0.29) is 16.8 Å². The number of hydrogen-bond donors (Lipinski definition) is 2. The van der Waals surface area contributed by atoms with Gasteiger partial charge in [0.05, 0.1) is 40.4 Å². The van der Waals surface area contributed by atoms with Crippen LogP contribution in [0.15, 0.2) is 35.1 Å². The van der Waals surface area contributed by atoms with Crippen molar-refractivity contribution in [1.82, 2.24) is 19.9 Å². The molecule has 0 unspecified atom stereocenters. The zero-order valence-corrected chi connectivity index (χ0v) is 26.3. The third-order valence-corrected chi connectivity index (χ3v) is 6.83. The van der Waals surface area contributed by atoms with Crippen LogP contribution >= 0.6 is 27.5 Å². The molecule has 1 heterocycles. The molecule has 1 fully saturated rings. The number of unbranched alkanes of at least 4 members (excludes halogenated alkanes) is 2. The molecule has 0 bridgehead atoms. The molecule has 2 aromatic carbocycles. The van der Waals surface area contributed by atoms with Crippen molar-refractivity contribution >= 4 is 55.8 Å². The van der Waals surface area contributed by atoms with Crippen LogP contribution in [0.3, 0.4) is 0 Å². The first-order chi connectivity index (χ1) is 18.7. The number of benzene rings is 2. The zero-order valence-electron chi connectivity index (χ0n) is 23.9. The molecule has 0 radical (unpaired) electrons. The minimum absolute atomic E-state index is 0.00408. The summed E-state index contributed by atoms with van der Waals surface area (Å²) in [5.74, 6) is -0.678. The number of fused-ring (bicyclic) bond motifs is 1. The van der Waals surface area contributed by atoms with Crippen LogP contribution in [0.2, 0.25) is 5.02 Å². The Morgan fingerprint density at radius 3 is 2.54 bits per heavy atom. The van der Waals surface area contributed by atoms with Crippen molar-refractivity contribution in [2.24, 2.45) is 5.92 Å². The molecular formula is C29H42BrClFN5O2. The fraction of sp³-hybridized carbons (Fsp3) is 0.517. The number of hydroxylamine groups is 1. The lowest BCUT2D eigenvalue weighted by Crippen LogP contribution is -2.26. The summed E-state index contributed by atoms with van der Waals surface area (Å²) >= 11 is 9.62. The van der Waals surface area contributed by atoms with E-state index in [0.29, 0.717) is 35.3 Å². The van der Waals surface area contributed by atoms with Crippen molar-refractivity contribution in [3.8, 4) is 0 Å². The number of carbonyl (C=O) groups excluding carboxylic acids is 1. The smallest absolute Gasteiger partial charge is 0.277 e. The topological polar surface area (TPSA) is 71.4 Å². The van der Waals surface area contributed by atoms with Crippen molar-refractivity contribution in [2.75, 3.05) is 32.6 Å². The fourth-order valence-electron chi connectivity index (χ4n) is 3.68. The lowest BCUT2D eigenvalue weighted by molar-refractivity contribution is 0.0271. The van der Waals surface area contributed by atoms with Crippen molar-refractivity contribution < 1.29 is 14.0 Å². The Hall–Kier alpha value is -2.20. The Morgan fingerprint density at radius 1 is 1.23 bits per heavy atom. The molecular weight excluding hydrogens is 585 g/mol. The summed E-state index contributed by atoms with van der Waals surface area (Å²) in [5.41, 5.74) is 3.71. The van der Waals surface area contributed by atoms with Crippen LogP contribution in [-0.2, 0) is 11.4 Å². The molecule has 7 nitrogen and oxygen atoms in total. The zero-order chi connectivity index (χ0) is 28.9. The fourth-order valence-corrected chi connectivity index (χ4v) is 4.40. The van der Waals surface area contributed by atoms with E-state index in [1.165, 1.54) is 25.8 Å². The number of nitrogens with zero attached hydrogens (tertiary/aromatic N) is 3. The van der Waals surface area contributed by atoms with E-state index in [1.807, 2.05) is 20.8 Å². The van der Waals surface area contributed by atoms with Gasteiger partial charge in [-0.15, -0.1) is 0 Å². The summed E-state index contributed by atoms with van der Waals surface area (Å²) in [6.45, 7) is 10.4. The first-order valence-corrected chi connectivity index (χ1v) is 14.9. The molecule has 1 aliphatic carbocycles. The molecule has 1 aliphatic rings. The predicted octanol–water partition coefficient (Wildman–Crippen LogP) is 8.19. The van der Waals surface area contributed by atoms with Gasteiger partial charge in [0.15, 0.2) is 5.82 Å². The van der Waals surface area contributed by atoms with Gasteiger partial charge in [0.1, 0.15) is 5.52 Å². The predicted molar refractivity (Wildman–Crippen MR) is 163 cm³/mol. The van der Waals surface area contributed by atoms with Crippen LogP contribution in [0.1, 0.15) is 70.2 Å². The molecule has 4 rings (SSSR count). The Balaban J connectivity index is 0.000000460. The molecule has 1 aromatic heterocycles. The SMILES string of the molecule is CC.CCCCCN(C)C.CCn1cnc2c(F)c(Nc3ccc(Br)cc3Cl)c(C(=O)NOCC3CC3)cc21. The van der Waals surface area contributed by atoms with Gasteiger partial charge in [-0.25, -0.2) is 14.9 Å². The van der Waals surface area contributed by atoms with E-state index >= 15 is 4.39 Å². The van der Waals surface area contributed by atoms with E-state index in [4.69, 9.17) is 16.4 Å². The van der Waals surface area contributed by atoms with E-state index in [0.717, 1.165) is 17.3 Å². The normalized spacial score (nSPS) is 12.5. The van der Waals surface area contributed by atoms with Gasteiger partial charge in [0.25, 0.3) is 5.91 Å². The number of hydrogen-bond acceptors (Lipinski definition) is 5. The molecule has 0 atom stereocenters. The van der Waals surface area contributed by atoms with Crippen LogP contribution in [0.4, 0.5) is 15.8 Å². The van der Waals surface area contributed by atoms with Crippen molar-refractivity contribution in [1.29, 1.82) is 0 Å². The largest absolute Gasteiger partial charge is 0.351 e. The number of rotatable bonds is 11. The number of aryl methyl sites for hydroxylation is 1. The Morgan fingerprint density at radius 2 is 1.95 bits per heavy atom. The highest BCUT2D eigenvalue weighted by atomic mass is 79.9. The maximum absolute atomic E-state index is 15.4.